The Bertz CT molecular complexity index is 564. The molecule has 0 aromatic carbocycles. The van der Waals surface area contributed by atoms with Crippen LogP contribution in [0.1, 0.15) is 26.5 Å². The van der Waals surface area contributed by atoms with Crippen LogP contribution in [0.4, 0.5) is 5.13 Å². The van der Waals surface area contributed by atoms with Crippen molar-refractivity contribution in [2.24, 2.45) is 0 Å². The summed E-state index contributed by atoms with van der Waals surface area (Å²) in [5, 5.41) is 14.5. The molecule has 0 aliphatic carbocycles. The summed E-state index contributed by atoms with van der Waals surface area (Å²) in [7, 11) is 1.75. The summed E-state index contributed by atoms with van der Waals surface area (Å²) in [4.78, 5) is 14.5. The largest absolute Gasteiger partial charge is 0.363 e. The number of anilines is 1. The molecule has 102 valence electrons. The molecule has 1 unspecified atom stereocenters. The summed E-state index contributed by atoms with van der Waals surface area (Å²) in [5.41, 5.74) is 0. The minimum atomic E-state index is -0.167. The number of rotatable bonds is 5. The van der Waals surface area contributed by atoms with E-state index >= 15 is 0 Å². The van der Waals surface area contributed by atoms with E-state index in [9.17, 15) is 4.79 Å². The van der Waals surface area contributed by atoms with Crippen molar-refractivity contribution in [3.05, 3.63) is 26.9 Å². The van der Waals surface area contributed by atoms with Crippen LogP contribution in [0.2, 0.25) is 0 Å². The molecule has 19 heavy (non-hydrogen) atoms. The van der Waals surface area contributed by atoms with Crippen LogP contribution >= 0.6 is 22.7 Å². The van der Waals surface area contributed by atoms with Crippen LogP contribution in [0.15, 0.2) is 12.1 Å². The molecule has 7 heteroatoms. The second-order valence-corrected chi connectivity index (χ2v) is 6.60. The van der Waals surface area contributed by atoms with Crippen molar-refractivity contribution < 1.29 is 4.79 Å². The average molecular weight is 296 g/mol. The highest BCUT2D eigenvalue weighted by atomic mass is 32.1. The lowest BCUT2D eigenvalue weighted by molar-refractivity contribution is 0.0939. The van der Waals surface area contributed by atoms with E-state index in [1.165, 1.54) is 21.1 Å². The van der Waals surface area contributed by atoms with Gasteiger partial charge in [-0.2, -0.15) is 0 Å². The van der Waals surface area contributed by atoms with E-state index in [0.717, 1.165) is 6.42 Å². The predicted octanol–water partition coefficient (Wildman–Crippen LogP) is 2.31. The Morgan fingerprint density at radius 3 is 2.74 bits per heavy atom. The fraction of sp³-hybridized carbons (Fsp3) is 0.417. The van der Waals surface area contributed by atoms with Gasteiger partial charge in [0.25, 0.3) is 5.91 Å². The molecule has 0 fully saturated rings. The van der Waals surface area contributed by atoms with E-state index in [0.29, 0.717) is 10.1 Å². The number of hydrogen-bond acceptors (Lipinski definition) is 6. The summed E-state index contributed by atoms with van der Waals surface area (Å²) >= 11 is 3.01. The molecule has 1 amide bonds. The average Bonchev–Trinajstić information content (AvgIpc) is 2.98. The van der Waals surface area contributed by atoms with Gasteiger partial charge in [-0.1, -0.05) is 11.3 Å². The van der Waals surface area contributed by atoms with Gasteiger partial charge in [-0.15, -0.1) is 21.5 Å². The van der Waals surface area contributed by atoms with Gasteiger partial charge in [0.15, 0.2) is 0 Å². The summed E-state index contributed by atoms with van der Waals surface area (Å²) in [6.07, 6.45) is 0.835. The zero-order chi connectivity index (χ0) is 13.8. The molecule has 2 aromatic heterocycles. The molecule has 0 saturated heterocycles. The highest BCUT2D eigenvalue weighted by Crippen LogP contribution is 2.17. The van der Waals surface area contributed by atoms with Gasteiger partial charge < -0.3 is 10.6 Å². The van der Waals surface area contributed by atoms with Crippen LogP contribution in [0.25, 0.3) is 0 Å². The third-order valence-electron chi connectivity index (χ3n) is 2.51. The van der Waals surface area contributed by atoms with Gasteiger partial charge in [0.05, 0.1) is 0 Å². The standard InChI is InChI=1S/C12H16N4OS2/c1-7(6-9-5-4-8(2)18-9)14-10(17)11-15-16-12(13-3)19-11/h4-5,7H,6H2,1-3H3,(H,13,16)(H,14,17). The summed E-state index contributed by atoms with van der Waals surface area (Å²) in [6, 6.07) is 4.28. The Kier molecular flexibility index (Phi) is 4.49. The Morgan fingerprint density at radius 1 is 1.37 bits per heavy atom. The van der Waals surface area contributed by atoms with Gasteiger partial charge in [0.1, 0.15) is 0 Å². The molecule has 0 bridgehead atoms. The van der Waals surface area contributed by atoms with Crippen molar-refractivity contribution in [1.82, 2.24) is 15.5 Å². The van der Waals surface area contributed by atoms with Gasteiger partial charge >= 0.3 is 0 Å². The van der Waals surface area contributed by atoms with Gasteiger partial charge in [0, 0.05) is 29.3 Å². The fourth-order valence-corrected chi connectivity index (χ4v) is 3.27. The first-order valence-corrected chi connectivity index (χ1v) is 7.59. The number of nitrogens with zero attached hydrogens (tertiary/aromatic N) is 2. The molecule has 0 saturated carbocycles. The van der Waals surface area contributed by atoms with E-state index in [1.54, 1.807) is 18.4 Å². The molecule has 0 aliphatic heterocycles. The maximum absolute atomic E-state index is 12.0. The van der Waals surface area contributed by atoms with Crippen molar-refractivity contribution >= 4 is 33.7 Å². The predicted molar refractivity (Wildman–Crippen MR) is 79.1 cm³/mol. The third kappa shape index (κ3) is 3.74. The molecule has 0 aliphatic rings. The van der Waals surface area contributed by atoms with E-state index in [2.05, 4.69) is 39.9 Å². The molecular formula is C12H16N4OS2. The quantitative estimate of drug-likeness (QED) is 0.888. The summed E-state index contributed by atoms with van der Waals surface area (Å²) in [5.74, 6) is -0.167. The molecule has 2 aromatic rings. The van der Waals surface area contributed by atoms with Crippen molar-refractivity contribution in [1.29, 1.82) is 0 Å². The number of carbonyl (C=O) groups excluding carboxylic acids is 1. The molecule has 2 rings (SSSR count). The number of hydrogen-bond donors (Lipinski definition) is 2. The Hall–Kier alpha value is -1.47. The van der Waals surface area contributed by atoms with E-state index in [4.69, 9.17) is 0 Å². The first kappa shape index (κ1) is 14.0. The number of amides is 1. The first-order valence-electron chi connectivity index (χ1n) is 5.96. The van der Waals surface area contributed by atoms with Crippen molar-refractivity contribution in [2.45, 2.75) is 26.3 Å². The minimum Gasteiger partial charge on any atom is -0.363 e. The minimum absolute atomic E-state index is 0.0764. The molecule has 0 spiro atoms. The number of aryl methyl sites for hydroxylation is 1. The summed E-state index contributed by atoms with van der Waals surface area (Å²) in [6.45, 7) is 4.07. The molecular weight excluding hydrogens is 280 g/mol. The number of aromatic nitrogens is 2. The SMILES string of the molecule is CNc1nnc(C(=O)NC(C)Cc2ccc(C)s2)s1. The lowest BCUT2D eigenvalue weighted by Crippen LogP contribution is -2.33. The van der Waals surface area contributed by atoms with Crippen LogP contribution in [0, 0.1) is 6.92 Å². The summed E-state index contributed by atoms with van der Waals surface area (Å²) < 4.78 is 0. The molecule has 5 nitrogen and oxygen atoms in total. The number of nitrogens with one attached hydrogen (secondary N) is 2. The number of thiophene rings is 1. The molecule has 1 atom stereocenters. The van der Waals surface area contributed by atoms with E-state index in [-0.39, 0.29) is 11.9 Å². The normalized spacial score (nSPS) is 12.2. The Labute approximate surface area is 120 Å². The Morgan fingerprint density at radius 2 is 2.16 bits per heavy atom. The van der Waals surface area contributed by atoms with E-state index < -0.39 is 0 Å². The lowest BCUT2D eigenvalue weighted by Gasteiger charge is -2.11. The third-order valence-corrected chi connectivity index (χ3v) is 4.48. The maximum atomic E-state index is 12.0. The fourth-order valence-electron chi connectivity index (χ4n) is 1.65. The highest BCUT2D eigenvalue weighted by molar-refractivity contribution is 7.17. The Balaban J connectivity index is 1.91. The van der Waals surface area contributed by atoms with Crippen molar-refractivity contribution in [3.63, 3.8) is 0 Å². The molecule has 2 heterocycles. The van der Waals surface area contributed by atoms with Crippen molar-refractivity contribution in [2.75, 3.05) is 12.4 Å². The second kappa shape index (κ2) is 6.12. The van der Waals surface area contributed by atoms with Crippen LogP contribution in [0.5, 0.6) is 0 Å². The first-order chi connectivity index (χ1) is 9.08. The van der Waals surface area contributed by atoms with Gasteiger partial charge in [-0.05, 0) is 26.0 Å². The lowest BCUT2D eigenvalue weighted by atomic mass is 10.2. The van der Waals surface area contributed by atoms with Gasteiger partial charge in [-0.25, -0.2) is 0 Å². The van der Waals surface area contributed by atoms with E-state index in [1.807, 2.05) is 6.92 Å². The molecule has 2 N–H and O–H groups in total. The zero-order valence-corrected chi connectivity index (χ0v) is 12.7. The smallest absolute Gasteiger partial charge is 0.282 e. The zero-order valence-electron chi connectivity index (χ0n) is 11.1. The molecule has 0 radical (unpaired) electrons. The van der Waals surface area contributed by atoms with Gasteiger partial charge in [0.2, 0.25) is 10.1 Å². The van der Waals surface area contributed by atoms with Crippen LogP contribution < -0.4 is 10.6 Å². The maximum Gasteiger partial charge on any atom is 0.282 e. The van der Waals surface area contributed by atoms with Crippen LogP contribution in [-0.2, 0) is 6.42 Å². The monoisotopic (exact) mass is 296 g/mol. The highest BCUT2D eigenvalue weighted by Gasteiger charge is 2.15. The topological polar surface area (TPSA) is 66.9 Å². The second-order valence-electron chi connectivity index (χ2n) is 4.25. The van der Waals surface area contributed by atoms with Gasteiger partial charge in [-0.3, -0.25) is 4.79 Å². The number of carbonyl (C=O) groups is 1. The van der Waals surface area contributed by atoms with Crippen LogP contribution in [-0.4, -0.2) is 29.2 Å². The van der Waals surface area contributed by atoms with Crippen molar-refractivity contribution in [3.8, 4) is 0 Å². The van der Waals surface area contributed by atoms with Crippen LogP contribution in [0.3, 0.4) is 0 Å².